The summed E-state index contributed by atoms with van der Waals surface area (Å²) in [5.41, 5.74) is 0.802. The number of rotatable bonds is 9. The van der Waals surface area contributed by atoms with Crippen molar-refractivity contribution in [2.75, 3.05) is 26.9 Å². The van der Waals surface area contributed by atoms with E-state index in [-0.39, 0.29) is 12.5 Å². The molecule has 0 bridgehead atoms. The summed E-state index contributed by atoms with van der Waals surface area (Å²) in [6.45, 7) is 1.17. The van der Waals surface area contributed by atoms with E-state index in [1.165, 1.54) is 0 Å². The average molecular weight is 442 g/mol. The van der Waals surface area contributed by atoms with Crippen LogP contribution in [0.5, 0.6) is 11.6 Å². The number of pyridine rings is 1. The fraction of sp³-hybridized carbons (Fsp3) is 0.294. The Hall–Kier alpha value is -1.87. The second kappa shape index (κ2) is 10.1. The molecule has 1 heterocycles. The van der Waals surface area contributed by atoms with Crippen molar-refractivity contribution in [1.82, 2.24) is 10.3 Å². The van der Waals surface area contributed by atoms with Gasteiger partial charge in [0.05, 0.1) is 6.61 Å². The normalized spacial score (nSPS) is 10.2. The van der Waals surface area contributed by atoms with Crippen LogP contribution in [-0.4, -0.2) is 37.8 Å². The molecule has 1 aromatic carbocycles. The lowest BCUT2D eigenvalue weighted by atomic mass is 10.2. The number of nitrogens with zero attached hydrogens (tertiary/aromatic N) is 1. The molecule has 7 heteroatoms. The summed E-state index contributed by atoms with van der Waals surface area (Å²) < 4.78 is 17.0. The third kappa shape index (κ3) is 6.32. The summed E-state index contributed by atoms with van der Waals surface area (Å²) in [5, 5.41) is 2.79. The number of amides is 1. The van der Waals surface area contributed by atoms with Gasteiger partial charge in [-0.05, 0) is 52.9 Å². The summed E-state index contributed by atoms with van der Waals surface area (Å²) in [4.78, 5) is 16.1. The predicted octanol–water partition coefficient (Wildman–Crippen LogP) is 2.41. The Labute approximate surface area is 154 Å². The summed E-state index contributed by atoms with van der Waals surface area (Å²) in [5.74, 6) is 0.948. The monoisotopic (exact) mass is 442 g/mol. The lowest BCUT2D eigenvalue weighted by Crippen LogP contribution is -2.28. The quantitative estimate of drug-likeness (QED) is 0.477. The Morgan fingerprint density at radius 3 is 2.71 bits per heavy atom. The molecule has 0 aliphatic carbocycles. The first kappa shape index (κ1) is 18.5. The first-order valence-corrected chi connectivity index (χ1v) is 8.47. The summed E-state index contributed by atoms with van der Waals surface area (Å²) in [6, 6.07) is 11.2. The molecule has 1 aromatic heterocycles. The highest BCUT2D eigenvalue weighted by Gasteiger charge is 2.08. The highest BCUT2D eigenvalue weighted by molar-refractivity contribution is 14.1. The minimum atomic E-state index is -0.208. The molecule has 1 amide bonds. The lowest BCUT2D eigenvalue weighted by molar-refractivity contribution is -0.123. The molecule has 24 heavy (non-hydrogen) atoms. The highest BCUT2D eigenvalue weighted by atomic mass is 127. The fourth-order valence-corrected chi connectivity index (χ4v) is 2.19. The van der Waals surface area contributed by atoms with Crippen molar-refractivity contribution >= 4 is 28.5 Å². The predicted molar refractivity (Wildman–Crippen MR) is 98.1 cm³/mol. The van der Waals surface area contributed by atoms with Crippen molar-refractivity contribution < 1.29 is 19.0 Å². The number of ether oxygens (including phenoxy) is 3. The first-order chi connectivity index (χ1) is 11.7. The van der Waals surface area contributed by atoms with E-state index in [4.69, 9.17) is 14.2 Å². The standard InChI is InChI=1S/C17H19IN2O4/c1-22-9-10-23-17-13(3-2-8-19-17)11-20-16(21)12-24-15-6-4-14(18)5-7-15/h2-8H,9-12H2,1H3,(H,20,21). The van der Waals surface area contributed by atoms with Crippen LogP contribution < -0.4 is 14.8 Å². The number of benzene rings is 1. The molecule has 0 atom stereocenters. The van der Waals surface area contributed by atoms with E-state index in [0.29, 0.717) is 31.4 Å². The van der Waals surface area contributed by atoms with Gasteiger partial charge < -0.3 is 19.5 Å². The second-order valence-electron chi connectivity index (χ2n) is 4.83. The maximum atomic E-state index is 11.9. The van der Waals surface area contributed by atoms with Crippen molar-refractivity contribution in [2.45, 2.75) is 6.54 Å². The molecular weight excluding hydrogens is 423 g/mol. The third-order valence-electron chi connectivity index (χ3n) is 3.04. The van der Waals surface area contributed by atoms with E-state index >= 15 is 0 Å². The van der Waals surface area contributed by atoms with Gasteiger partial charge in [0.15, 0.2) is 6.61 Å². The molecule has 0 unspecified atom stereocenters. The minimum absolute atomic E-state index is 0.0410. The zero-order valence-corrected chi connectivity index (χ0v) is 15.5. The van der Waals surface area contributed by atoms with Gasteiger partial charge in [0.1, 0.15) is 12.4 Å². The van der Waals surface area contributed by atoms with Gasteiger partial charge in [-0.15, -0.1) is 0 Å². The van der Waals surface area contributed by atoms with Crippen LogP contribution in [0.3, 0.4) is 0 Å². The maximum absolute atomic E-state index is 11.9. The number of halogens is 1. The van der Waals surface area contributed by atoms with Crippen LogP contribution in [0.2, 0.25) is 0 Å². The van der Waals surface area contributed by atoms with Crippen molar-refractivity contribution in [3.8, 4) is 11.6 Å². The van der Waals surface area contributed by atoms with Crippen LogP contribution in [0.25, 0.3) is 0 Å². The molecule has 0 radical (unpaired) electrons. The van der Waals surface area contributed by atoms with Gasteiger partial charge in [-0.25, -0.2) is 4.98 Å². The molecule has 0 aliphatic rings. The molecule has 0 aliphatic heterocycles. The topological polar surface area (TPSA) is 69.7 Å². The van der Waals surface area contributed by atoms with Crippen molar-refractivity contribution in [3.05, 3.63) is 51.7 Å². The lowest BCUT2D eigenvalue weighted by Gasteiger charge is -2.11. The van der Waals surface area contributed by atoms with Gasteiger partial charge in [-0.2, -0.15) is 0 Å². The third-order valence-corrected chi connectivity index (χ3v) is 3.75. The van der Waals surface area contributed by atoms with Crippen LogP contribution in [0, 0.1) is 3.57 Å². The summed E-state index contributed by atoms with van der Waals surface area (Å²) >= 11 is 2.21. The number of carbonyl (C=O) groups is 1. The van der Waals surface area contributed by atoms with E-state index in [0.717, 1.165) is 9.13 Å². The van der Waals surface area contributed by atoms with Gasteiger partial charge in [0.25, 0.3) is 5.91 Å². The molecule has 0 fully saturated rings. The molecule has 6 nitrogen and oxygen atoms in total. The maximum Gasteiger partial charge on any atom is 0.258 e. The Kier molecular flexibility index (Phi) is 7.76. The second-order valence-corrected chi connectivity index (χ2v) is 6.07. The molecule has 2 rings (SSSR count). The number of aromatic nitrogens is 1. The SMILES string of the molecule is COCCOc1ncccc1CNC(=O)COc1ccc(I)cc1. The zero-order chi connectivity index (χ0) is 17.2. The van der Waals surface area contributed by atoms with E-state index in [2.05, 4.69) is 32.9 Å². The molecule has 0 saturated carbocycles. The van der Waals surface area contributed by atoms with Crippen molar-refractivity contribution in [3.63, 3.8) is 0 Å². The Morgan fingerprint density at radius 2 is 1.96 bits per heavy atom. The molecule has 0 spiro atoms. The highest BCUT2D eigenvalue weighted by Crippen LogP contribution is 2.14. The van der Waals surface area contributed by atoms with E-state index in [1.54, 1.807) is 19.4 Å². The number of methoxy groups -OCH3 is 1. The number of carbonyl (C=O) groups excluding carboxylic acids is 1. The number of hydrogen-bond donors (Lipinski definition) is 1. The zero-order valence-electron chi connectivity index (χ0n) is 13.3. The Bertz CT molecular complexity index is 649. The Morgan fingerprint density at radius 1 is 1.17 bits per heavy atom. The number of nitrogens with one attached hydrogen (secondary N) is 1. The van der Waals surface area contributed by atoms with Crippen LogP contribution in [-0.2, 0) is 16.1 Å². The Balaban J connectivity index is 1.79. The van der Waals surface area contributed by atoms with E-state index in [1.807, 2.05) is 30.3 Å². The minimum Gasteiger partial charge on any atom is -0.484 e. The smallest absolute Gasteiger partial charge is 0.258 e. The van der Waals surface area contributed by atoms with Gasteiger partial charge in [-0.1, -0.05) is 6.07 Å². The van der Waals surface area contributed by atoms with Crippen molar-refractivity contribution in [2.24, 2.45) is 0 Å². The van der Waals surface area contributed by atoms with Crippen LogP contribution >= 0.6 is 22.6 Å². The van der Waals surface area contributed by atoms with Crippen molar-refractivity contribution in [1.29, 1.82) is 0 Å². The summed E-state index contributed by atoms with van der Waals surface area (Å²) in [6.07, 6.45) is 1.65. The molecule has 0 saturated heterocycles. The fourth-order valence-electron chi connectivity index (χ4n) is 1.83. The molecule has 128 valence electrons. The van der Waals surface area contributed by atoms with Gasteiger partial charge >= 0.3 is 0 Å². The average Bonchev–Trinajstić information content (AvgIpc) is 2.60. The van der Waals surface area contributed by atoms with Gasteiger partial charge in [0, 0.05) is 29.0 Å². The molecule has 2 aromatic rings. The van der Waals surface area contributed by atoms with E-state index < -0.39 is 0 Å². The first-order valence-electron chi connectivity index (χ1n) is 7.39. The van der Waals surface area contributed by atoms with Gasteiger partial charge in [0.2, 0.25) is 5.88 Å². The van der Waals surface area contributed by atoms with Gasteiger partial charge in [-0.3, -0.25) is 4.79 Å². The van der Waals surface area contributed by atoms with E-state index in [9.17, 15) is 4.79 Å². The molecule has 1 N–H and O–H groups in total. The van der Waals surface area contributed by atoms with Crippen LogP contribution in [0.15, 0.2) is 42.6 Å². The van der Waals surface area contributed by atoms with Crippen LogP contribution in [0.1, 0.15) is 5.56 Å². The van der Waals surface area contributed by atoms with Crippen LogP contribution in [0.4, 0.5) is 0 Å². The largest absolute Gasteiger partial charge is 0.484 e. The molecular formula is C17H19IN2O4. The number of hydrogen-bond acceptors (Lipinski definition) is 5. The summed E-state index contributed by atoms with van der Waals surface area (Å²) in [7, 11) is 1.61.